The summed E-state index contributed by atoms with van der Waals surface area (Å²) in [5, 5.41) is 11.3. The van der Waals surface area contributed by atoms with Crippen LogP contribution in [0.1, 0.15) is 20.7 Å². The molecule has 0 atom stereocenters. The maximum Gasteiger partial charge on any atom is 0.251 e. The first-order valence-electron chi connectivity index (χ1n) is 6.37. The van der Waals surface area contributed by atoms with E-state index in [1.165, 1.54) is 6.20 Å². The molecular formula is C15H15N3O3. The highest BCUT2D eigenvalue weighted by molar-refractivity contribution is 5.95. The highest BCUT2D eigenvalue weighted by atomic mass is 16.3. The van der Waals surface area contributed by atoms with E-state index in [2.05, 4.69) is 10.3 Å². The molecule has 0 aliphatic heterocycles. The van der Waals surface area contributed by atoms with E-state index in [9.17, 15) is 9.59 Å². The zero-order chi connectivity index (χ0) is 15.2. The lowest BCUT2D eigenvalue weighted by molar-refractivity contribution is 0.0943. The van der Waals surface area contributed by atoms with Crippen molar-refractivity contribution in [3.63, 3.8) is 0 Å². The van der Waals surface area contributed by atoms with Gasteiger partial charge < -0.3 is 16.2 Å². The fraction of sp³-hybridized carbons (Fsp3) is 0.133. The van der Waals surface area contributed by atoms with Gasteiger partial charge in [-0.05, 0) is 24.3 Å². The van der Waals surface area contributed by atoms with Gasteiger partial charge in [-0.25, -0.2) is 0 Å². The molecule has 0 bridgehead atoms. The van der Waals surface area contributed by atoms with Gasteiger partial charge in [0.05, 0.1) is 12.3 Å². The molecule has 2 rings (SSSR count). The summed E-state index contributed by atoms with van der Waals surface area (Å²) in [6.45, 7) is 0.0854. The average Bonchev–Trinajstić information content (AvgIpc) is 2.52. The van der Waals surface area contributed by atoms with Crippen LogP contribution in [0, 0.1) is 0 Å². The number of rotatable bonds is 5. The number of aliphatic hydroxyl groups is 1. The lowest BCUT2D eigenvalue weighted by atomic mass is 10.1. The summed E-state index contributed by atoms with van der Waals surface area (Å²) in [5.41, 5.74) is 7.44. The molecule has 0 saturated heterocycles. The Morgan fingerprint density at radius 2 is 1.86 bits per heavy atom. The molecule has 4 N–H and O–H groups in total. The highest BCUT2D eigenvalue weighted by Gasteiger charge is 2.08. The van der Waals surface area contributed by atoms with Crippen LogP contribution in [-0.2, 0) is 0 Å². The summed E-state index contributed by atoms with van der Waals surface area (Å²) in [7, 11) is 0. The van der Waals surface area contributed by atoms with Crippen molar-refractivity contribution in [2.75, 3.05) is 13.2 Å². The van der Waals surface area contributed by atoms with Crippen LogP contribution in [0.2, 0.25) is 0 Å². The summed E-state index contributed by atoms with van der Waals surface area (Å²) in [4.78, 5) is 27.0. The second kappa shape index (κ2) is 6.62. The quantitative estimate of drug-likeness (QED) is 0.746. The Balaban J connectivity index is 2.24. The molecule has 0 fully saturated rings. The molecule has 0 spiro atoms. The summed E-state index contributed by atoms with van der Waals surface area (Å²) < 4.78 is 0. The van der Waals surface area contributed by atoms with Crippen LogP contribution in [0.3, 0.4) is 0 Å². The molecule has 0 saturated carbocycles. The molecule has 2 amide bonds. The number of pyridine rings is 1. The van der Waals surface area contributed by atoms with Crippen molar-refractivity contribution in [1.82, 2.24) is 10.3 Å². The van der Waals surface area contributed by atoms with Gasteiger partial charge in [0, 0.05) is 29.4 Å². The van der Waals surface area contributed by atoms with Gasteiger partial charge in [-0.3, -0.25) is 14.6 Å². The van der Waals surface area contributed by atoms with E-state index in [4.69, 9.17) is 10.8 Å². The van der Waals surface area contributed by atoms with Crippen molar-refractivity contribution in [3.05, 3.63) is 53.7 Å². The first-order chi connectivity index (χ1) is 10.1. The number of benzene rings is 1. The monoisotopic (exact) mass is 285 g/mol. The number of carbonyl (C=O) groups is 2. The average molecular weight is 285 g/mol. The topological polar surface area (TPSA) is 105 Å². The number of carbonyl (C=O) groups excluding carboxylic acids is 2. The number of aromatic nitrogens is 1. The molecule has 2 aromatic rings. The van der Waals surface area contributed by atoms with E-state index < -0.39 is 5.91 Å². The van der Waals surface area contributed by atoms with Crippen molar-refractivity contribution in [2.45, 2.75) is 0 Å². The first kappa shape index (κ1) is 14.7. The highest BCUT2D eigenvalue weighted by Crippen LogP contribution is 2.18. The third kappa shape index (κ3) is 3.64. The number of aliphatic hydroxyl groups excluding tert-OH is 1. The Bertz CT molecular complexity index is 653. The van der Waals surface area contributed by atoms with E-state index in [0.29, 0.717) is 16.8 Å². The van der Waals surface area contributed by atoms with Crippen LogP contribution >= 0.6 is 0 Å². The molecule has 0 aliphatic rings. The van der Waals surface area contributed by atoms with Crippen LogP contribution < -0.4 is 11.1 Å². The first-order valence-corrected chi connectivity index (χ1v) is 6.37. The maximum absolute atomic E-state index is 11.8. The largest absolute Gasteiger partial charge is 0.395 e. The maximum atomic E-state index is 11.8. The van der Waals surface area contributed by atoms with Crippen LogP contribution in [-0.4, -0.2) is 35.1 Å². The Hall–Kier alpha value is -2.73. The van der Waals surface area contributed by atoms with Crippen molar-refractivity contribution >= 4 is 11.8 Å². The molecule has 21 heavy (non-hydrogen) atoms. The van der Waals surface area contributed by atoms with Crippen LogP contribution in [0.5, 0.6) is 0 Å². The summed E-state index contributed by atoms with van der Waals surface area (Å²) >= 11 is 0. The van der Waals surface area contributed by atoms with Gasteiger partial charge in [0.2, 0.25) is 5.91 Å². The van der Waals surface area contributed by atoms with Gasteiger partial charge in [0.15, 0.2) is 0 Å². The van der Waals surface area contributed by atoms with Gasteiger partial charge in [-0.15, -0.1) is 0 Å². The molecule has 1 heterocycles. The fourth-order valence-corrected chi connectivity index (χ4v) is 1.81. The Morgan fingerprint density at radius 1 is 1.14 bits per heavy atom. The number of hydrogen-bond donors (Lipinski definition) is 3. The molecule has 1 aromatic carbocycles. The molecule has 0 radical (unpaired) electrons. The predicted molar refractivity (Wildman–Crippen MR) is 77.6 cm³/mol. The summed E-state index contributed by atoms with van der Waals surface area (Å²) in [5.74, 6) is -0.770. The minimum absolute atomic E-state index is 0.113. The minimum atomic E-state index is -0.494. The van der Waals surface area contributed by atoms with Gasteiger partial charge in [0.1, 0.15) is 0 Å². The number of nitrogens with zero attached hydrogens (tertiary/aromatic N) is 1. The SMILES string of the molecule is NC(=O)c1ccc(-c2cc(C(=O)NCCO)ccn2)cc1. The molecule has 0 unspecified atom stereocenters. The number of primary amides is 1. The van der Waals surface area contributed by atoms with Crippen LogP contribution in [0.4, 0.5) is 0 Å². The van der Waals surface area contributed by atoms with Crippen LogP contribution in [0.25, 0.3) is 11.3 Å². The van der Waals surface area contributed by atoms with E-state index >= 15 is 0 Å². The normalized spacial score (nSPS) is 10.1. The van der Waals surface area contributed by atoms with Gasteiger partial charge in [0.25, 0.3) is 5.91 Å². The van der Waals surface area contributed by atoms with Crippen molar-refractivity contribution < 1.29 is 14.7 Å². The Morgan fingerprint density at radius 3 is 2.48 bits per heavy atom. The third-order valence-corrected chi connectivity index (χ3v) is 2.88. The summed E-state index contributed by atoms with van der Waals surface area (Å²) in [6.07, 6.45) is 1.53. The molecule has 6 nitrogen and oxygen atoms in total. The number of nitrogens with two attached hydrogens (primary N) is 1. The number of nitrogens with one attached hydrogen (secondary N) is 1. The molecule has 6 heteroatoms. The summed E-state index contributed by atoms with van der Waals surface area (Å²) in [6, 6.07) is 9.89. The van der Waals surface area contributed by atoms with E-state index in [-0.39, 0.29) is 19.1 Å². The van der Waals surface area contributed by atoms with Gasteiger partial charge in [-0.1, -0.05) is 12.1 Å². The fourth-order valence-electron chi connectivity index (χ4n) is 1.81. The van der Waals surface area contributed by atoms with Crippen molar-refractivity contribution in [2.24, 2.45) is 5.73 Å². The van der Waals surface area contributed by atoms with E-state index in [0.717, 1.165) is 5.56 Å². The standard InChI is InChI=1S/C15H15N3O3/c16-14(20)11-3-1-10(2-4-11)13-9-12(5-6-17-13)15(21)18-7-8-19/h1-6,9,19H,7-8H2,(H2,16,20)(H,18,21). The minimum Gasteiger partial charge on any atom is -0.395 e. The molecule has 108 valence electrons. The van der Waals surface area contributed by atoms with E-state index in [1.807, 2.05) is 0 Å². The van der Waals surface area contributed by atoms with Gasteiger partial charge in [-0.2, -0.15) is 0 Å². The lowest BCUT2D eigenvalue weighted by Crippen LogP contribution is -2.26. The number of hydrogen-bond acceptors (Lipinski definition) is 4. The van der Waals surface area contributed by atoms with E-state index in [1.54, 1.807) is 36.4 Å². The van der Waals surface area contributed by atoms with Gasteiger partial charge >= 0.3 is 0 Å². The lowest BCUT2D eigenvalue weighted by Gasteiger charge is -2.06. The molecule has 0 aliphatic carbocycles. The van der Waals surface area contributed by atoms with Crippen LogP contribution in [0.15, 0.2) is 42.6 Å². The Labute approximate surface area is 121 Å². The van der Waals surface area contributed by atoms with Crippen molar-refractivity contribution in [3.8, 4) is 11.3 Å². The van der Waals surface area contributed by atoms with Crippen molar-refractivity contribution in [1.29, 1.82) is 0 Å². The Kier molecular flexibility index (Phi) is 4.63. The third-order valence-electron chi connectivity index (χ3n) is 2.88. The second-order valence-electron chi connectivity index (χ2n) is 4.35. The molecule has 1 aromatic heterocycles. The predicted octanol–water partition coefficient (Wildman–Crippen LogP) is 0.570. The molecular weight excluding hydrogens is 270 g/mol. The second-order valence-corrected chi connectivity index (χ2v) is 4.35. The number of amides is 2. The smallest absolute Gasteiger partial charge is 0.251 e. The zero-order valence-electron chi connectivity index (χ0n) is 11.2. The zero-order valence-corrected chi connectivity index (χ0v) is 11.2.